The van der Waals surface area contributed by atoms with E-state index in [1.165, 1.54) is 20.7 Å². The smallest absolute Gasteiger partial charge is 0.448 e. The number of carbonyl (C=O) groups excluding carboxylic acids is 2. The van der Waals surface area contributed by atoms with Crippen LogP contribution in [0.5, 0.6) is 0 Å². The molecule has 0 bridgehead atoms. The van der Waals surface area contributed by atoms with Crippen molar-refractivity contribution >= 4 is 25.6 Å². The van der Waals surface area contributed by atoms with Gasteiger partial charge in [-0.25, -0.2) is 19.4 Å². The predicted molar refractivity (Wildman–Crippen MR) is 153 cm³/mol. The van der Waals surface area contributed by atoms with Crippen molar-refractivity contribution in [3.63, 3.8) is 0 Å². The van der Waals surface area contributed by atoms with Crippen molar-refractivity contribution in [2.24, 2.45) is 0 Å². The molecule has 2 atom stereocenters. The van der Waals surface area contributed by atoms with Gasteiger partial charge >= 0.3 is 13.8 Å². The summed E-state index contributed by atoms with van der Waals surface area (Å²) < 4.78 is 19.3. The first-order chi connectivity index (χ1) is 20.6. The third-order valence-electron chi connectivity index (χ3n) is 6.57. The number of nitrogens with zero attached hydrogens (tertiary/aromatic N) is 6. The van der Waals surface area contributed by atoms with Gasteiger partial charge in [-0.2, -0.15) is 5.10 Å². The Morgan fingerprint density at radius 2 is 1.84 bits per heavy atom. The van der Waals surface area contributed by atoms with Crippen LogP contribution in [0.2, 0.25) is 0 Å². The van der Waals surface area contributed by atoms with Crippen molar-refractivity contribution in [1.82, 2.24) is 35.0 Å². The number of hydrogen-bond acceptors (Lipinski definition) is 10. The van der Waals surface area contributed by atoms with Crippen LogP contribution in [0, 0.1) is 0 Å². The van der Waals surface area contributed by atoms with Gasteiger partial charge in [-0.3, -0.25) is 14.2 Å². The Morgan fingerprint density at radius 3 is 2.49 bits per heavy atom. The van der Waals surface area contributed by atoms with Gasteiger partial charge in [0.05, 0.1) is 25.9 Å². The van der Waals surface area contributed by atoms with Crippen molar-refractivity contribution in [1.29, 1.82) is 0 Å². The Morgan fingerprint density at radius 1 is 1.09 bits per heavy atom. The molecular formula is C27H34N7O8P. The van der Waals surface area contributed by atoms with Gasteiger partial charge in [0.1, 0.15) is 11.7 Å². The highest BCUT2D eigenvalue weighted by Crippen LogP contribution is 2.43. The van der Waals surface area contributed by atoms with E-state index in [-0.39, 0.29) is 56.9 Å². The van der Waals surface area contributed by atoms with Gasteiger partial charge in [-0.1, -0.05) is 43.7 Å². The van der Waals surface area contributed by atoms with E-state index in [2.05, 4.69) is 25.2 Å². The first kappa shape index (κ1) is 31.8. The van der Waals surface area contributed by atoms with Crippen LogP contribution in [0.3, 0.4) is 0 Å². The molecule has 1 fully saturated rings. The molecule has 0 radical (unpaired) electrons. The zero-order chi connectivity index (χ0) is 30.8. The van der Waals surface area contributed by atoms with Gasteiger partial charge in [-0.05, 0) is 18.9 Å². The Kier molecular flexibility index (Phi) is 11.0. The number of rotatable bonds is 13. The van der Waals surface area contributed by atoms with E-state index in [0.29, 0.717) is 17.8 Å². The zero-order valence-electron chi connectivity index (χ0n) is 23.6. The summed E-state index contributed by atoms with van der Waals surface area (Å²) >= 11 is 0. The summed E-state index contributed by atoms with van der Waals surface area (Å²) in [4.78, 5) is 63.5. The molecule has 1 unspecified atom stereocenters. The summed E-state index contributed by atoms with van der Waals surface area (Å²) in [6.45, 7) is 2.51. The molecule has 1 aliphatic rings. The molecule has 15 nitrogen and oxygen atoms in total. The van der Waals surface area contributed by atoms with Crippen molar-refractivity contribution in [3.8, 4) is 17.2 Å². The van der Waals surface area contributed by atoms with Crippen LogP contribution in [0.15, 0.2) is 54.9 Å². The number of carbonyl (C=O) groups is 3. The van der Waals surface area contributed by atoms with E-state index in [4.69, 9.17) is 9.63 Å². The van der Waals surface area contributed by atoms with E-state index in [1.807, 2.05) is 25.1 Å². The molecule has 3 N–H and O–H groups in total. The fourth-order valence-corrected chi connectivity index (χ4v) is 5.45. The molecule has 1 saturated heterocycles. The van der Waals surface area contributed by atoms with Gasteiger partial charge in [0.25, 0.3) is 5.91 Å². The number of piperazine rings is 1. The van der Waals surface area contributed by atoms with E-state index in [0.717, 1.165) is 6.42 Å². The minimum Gasteiger partial charge on any atom is -0.448 e. The van der Waals surface area contributed by atoms with Crippen LogP contribution in [-0.4, -0.2) is 103 Å². The summed E-state index contributed by atoms with van der Waals surface area (Å²) in [5.74, 6) is -0.605. The van der Waals surface area contributed by atoms with E-state index in [1.54, 1.807) is 30.6 Å². The van der Waals surface area contributed by atoms with Crippen LogP contribution >= 0.6 is 7.60 Å². The Balaban J connectivity index is 1.57. The van der Waals surface area contributed by atoms with Crippen LogP contribution in [0.4, 0.5) is 4.79 Å². The van der Waals surface area contributed by atoms with Crippen molar-refractivity contribution in [3.05, 3.63) is 60.6 Å². The molecule has 230 valence electrons. The predicted octanol–water partition coefficient (Wildman–Crippen LogP) is 2.57. The molecule has 1 aliphatic heterocycles. The van der Waals surface area contributed by atoms with Gasteiger partial charge in [0, 0.05) is 37.1 Å². The molecule has 2 amide bonds. The van der Waals surface area contributed by atoms with Crippen LogP contribution < -0.4 is 5.32 Å². The van der Waals surface area contributed by atoms with Crippen LogP contribution in [-0.2, 0) is 18.7 Å². The van der Waals surface area contributed by atoms with E-state index < -0.39 is 31.6 Å². The number of unbranched alkanes of at least 4 members (excludes halogenated alkanes) is 1. The SMILES string of the molecule is CCCCOP(=O)(O)CC[C@H](NC(=O)c1cc(-n2cccn2)nc(-c2ccccc2)n1)C(=O)N1CCN(OC(=O)O)CC1. The number of aromatic nitrogens is 4. The molecule has 4 rings (SSSR count). The lowest BCUT2D eigenvalue weighted by atomic mass is 10.1. The molecule has 2 aromatic heterocycles. The fourth-order valence-electron chi connectivity index (χ4n) is 4.32. The monoisotopic (exact) mass is 615 g/mol. The highest BCUT2D eigenvalue weighted by molar-refractivity contribution is 7.52. The highest BCUT2D eigenvalue weighted by atomic mass is 31.2. The quantitative estimate of drug-likeness (QED) is 0.189. The Hall–Kier alpha value is -4.17. The maximum atomic E-state index is 13.6. The normalized spacial score (nSPS) is 15.8. The third-order valence-corrected chi connectivity index (χ3v) is 7.98. The number of hydrogen-bond donors (Lipinski definition) is 3. The lowest BCUT2D eigenvalue weighted by Crippen LogP contribution is -2.55. The Bertz CT molecular complexity index is 1430. The maximum Gasteiger partial charge on any atom is 0.525 e. The maximum absolute atomic E-state index is 13.6. The average molecular weight is 616 g/mol. The van der Waals surface area contributed by atoms with E-state index in [9.17, 15) is 23.8 Å². The summed E-state index contributed by atoms with van der Waals surface area (Å²) in [6.07, 6.45) is 2.60. The van der Waals surface area contributed by atoms with Gasteiger partial charge in [0.15, 0.2) is 11.6 Å². The molecule has 1 aromatic carbocycles. The lowest BCUT2D eigenvalue weighted by Gasteiger charge is -2.35. The second-order valence-electron chi connectivity index (χ2n) is 9.73. The van der Waals surface area contributed by atoms with Crippen molar-refractivity contribution < 1.29 is 38.3 Å². The van der Waals surface area contributed by atoms with Gasteiger partial charge in [0.2, 0.25) is 5.91 Å². The number of carboxylic acid groups (broad SMARTS) is 1. The highest BCUT2D eigenvalue weighted by Gasteiger charge is 2.33. The molecule has 16 heteroatoms. The number of hydroxylamine groups is 2. The fraction of sp³-hybridized carbons (Fsp3) is 0.407. The summed E-state index contributed by atoms with van der Waals surface area (Å²) in [6, 6.07) is 11.0. The molecule has 0 saturated carbocycles. The second-order valence-corrected chi connectivity index (χ2v) is 11.7. The first-order valence-electron chi connectivity index (χ1n) is 13.8. The molecule has 3 aromatic rings. The second kappa shape index (κ2) is 14.8. The number of nitrogens with one attached hydrogen (secondary N) is 1. The molecule has 0 aliphatic carbocycles. The minimum atomic E-state index is -4.04. The minimum absolute atomic E-state index is 0.0387. The lowest BCUT2D eigenvalue weighted by molar-refractivity contribution is -0.154. The molecular weight excluding hydrogens is 581 g/mol. The third kappa shape index (κ3) is 9.16. The Labute approximate surface area is 247 Å². The molecule has 0 spiro atoms. The summed E-state index contributed by atoms with van der Waals surface area (Å²) in [5, 5.41) is 17.0. The van der Waals surface area contributed by atoms with Crippen LogP contribution in [0.25, 0.3) is 17.2 Å². The largest absolute Gasteiger partial charge is 0.525 e. The average Bonchev–Trinajstić information content (AvgIpc) is 3.55. The standard InChI is InChI=1S/C27H34N7O8P/c1-2-3-17-41-43(39,40)18-10-21(26(36)32-13-15-33(16-14-32)42-27(37)38)30-25(35)22-19-23(34-12-7-11-28-34)31-24(29-22)20-8-5-4-6-9-20/h4-9,11-12,19,21H,2-3,10,13-18H2,1H3,(H,30,35)(H,37,38)(H,39,40)/t21-/m0/s1. The number of amides is 2. The topological polar surface area (TPSA) is 189 Å². The first-order valence-corrected chi connectivity index (χ1v) is 15.6. The van der Waals surface area contributed by atoms with Crippen molar-refractivity contribution in [2.75, 3.05) is 38.9 Å². The summed E-state index contributed by atoms with van der Waals surface area (Å²) in [7, 11) is -4.04. The van der Waals surface area contributed by atoms with Gasteiger partial charge < -0.3 is 29.6 Å². The van der Waals surface area contributed by atoms with Gasteiger partial charge in [-0.15, -0.1) is 5.06 Å². The summed E-state index contributed by atoms with van der Waals surface area (Å²) in [5.41, 5.74) is 0.619. The molecule has 43 heavy (non-hydrogen) atoms. The van der Waals surface area contributed by atoms with Crippen LogP contribution in [0.1, 0.15) is 36.7 Å². The molecule has 3 heterocycles. The van der Waals surface area contributed by atoms with Crippen molar-refractivity contribution in [2.45, 2.75) is 32.2 Å². The number of benzene rings is 1. The van der Waals surface area contributed by atoms with E-state index >= 15 is 0 Å². The zero-order valence-corrected chi connectivity index (χ0v) is 24.5.